The molecule has 45 heavy (non-hydrogen) atoms. The summed E-state index contributed by atoms with van der Waals surface area (Å²) >= 11 is 6.15. The average Bonchev–Trinajstić information content (AvgIpc) is 2.97. The summed E-state index contributed by atoms with van der Waals surface area (Å²) in [6.45, 7) is 0. The largest absolute Gasteiger partial charge is 0.455 e. The second kappa shape index (κ2) is 12.2. The van der Waals surface area contributed by atoms with E-state index in [2.05, 4.69) is 15.2 Å². The van der Waals surface area contributed by atoms with Gasteiger partial charge in [-0.25, -0.2) is 8.42 Å². The number of nitrogens with zero attached hydrogens (tertiary/aromatic N) is 1. The Kier molecular flexibility index (Phi) is 8.74. The molecule has 1 aliphatic carbocycles. The number of rotatable bonds is 9. The van der Waals surface area contributed by atoms with E-state index in [1.165, 1.54) is 42.5 Å². The van der Waals surface area contributed by atoms with Crippen molar-refractivity contribution in [1.82, 2.24) is 0 Å². The Hall–Kier alpha value is -4.29. The third kappa shape index (κ3) is 7.18. The summed E-state index contributed by atoms with van der Waals surface area (Å²) in [5.74, 6) is 0.623. The van der Waals surface area contributed by atoms with E-state index >= 15 is 0 Å². The molecule has 234 valence electrons. The topological polar surface area (TPSA) is 209 Å². The SMILES string of the molecule is O=S(=O)(O)C1=Cc2cc(S(=O)(=O)O)cc(NS(=O)(=O)c3ccccc3)c2C(O)/C1=N\Nc1cc(Cl)ccc1Oc1ccccc1. The normalized spacial score (nSPS) is 16.0. The smallest absolute Gasteiger partial charge is 0.296 e. The fourth-order valence-corrected chi connectivity index (χ4v) is 6.84. The van der Waals surface area contributed by atoms with E-state index in [0.29, 0.717) is 5.75 Å². The number of nitrogens with one attached hydrogen (secondary N) is 2. The van der Waals surface area contributed by atoms with E-state index in [9.17, 15) is 39.5 Å². The van der Waals surface area contributed by atoms with Gasteiger partial charge in [-0.1, -0.05) is 48.0 Å². The van der Waals surface area contributed by atoms with Gasteiger partial charge in [0.15, 0.2) is 5.75 Å². The Morgan fingerprint density at radius 1 is 0.756 bits per heavy atom. The monoisotopic (exact) mass is 691 g/mol. The van der Waals surface area contributed by atoms with Crippen LogP contribution in [0.15, 0.2) is 111 Å². The molecule has 0 radical (unpaired) electrons. The van der Waals surface area contributed by atoms with Crippen LogP contribution in [0.2, 0.25) is 5.02 Å². The van der Waals surface area contributed by atoms with E-state index in [0.717, 1.165) is 18.2 Å². The molecule has 0 amide bonds. The average molecular weight is 692 g/mol. The first kappa shape index (κ1) is 32.1. The molecule has 0 aliphatic heterocycles. The van der Waals surface area contributed by atoms with Crippen LogP contribution in [-0.4, -0.2) is 45.2 Å². The lowest BCUT2D eigenvalue weighted by molar-refractivity contribution is 0.247. The maximum absolute atomic E-state index is 13.2. The Bertz CT molecular complexity index is 2180. The number of fused-ring (bicyclic) bond motifs is 1. The molecule has 4 aromatic carbocycles. The third-order valence-corrected chi connectivity index (χ3v) is 9.67. The number of benzene rings is 4. The molecule has 1 atom stereocenters. The summed E-state index contributed by atoms with van der Waals surface area (Å²) < 4.78 is 103. The van der Waals surface area contributed by atoms with Crippen LogP contribution in [0.1, 0.15) is 17.2 Å². The first-order valence-corrected chi connectivity index (χ1v) is 17.3. The standard InChI is InChI=1S/C28H22ClN3O10S3/c29-18-11-12-24(42-19-7-3-1-4-8-19)22(15-18)30-31-27-25(45(39,40)41)14-17-13-21(44(36,37)38)16-23(26(17)28(27)33)32-43(34,35)20-9-5-2-6-10-20/h1-16,28,30,32-33H,(H,36,37,38)(H,39,40,41)/b31-27-. The van der Waals surface area contributed by atoms with Crippen molar-refractivity contribution in [1.29, 1.82) is 0 Å². The van der Waals surface area contributed by atoms with Crippen LogP contribution in [0.25, 0.3) is 6.08 Å². The lowest BCUT2D eigenvalue weighted by atomic mass is 9.92. The molecular weight excluding hydrogens is 670 g/mol. The van der Waals surface area contributed by atoms with Gasteiger partial charge in [-0.15, -0.1) is 0 Å². The molecule has 1 aliphatic rings. The molecule has 4 aromatic rings. The molecule has 5 N–H and O–H groups in total. The van der Waals surface area contributed by atoms with Gasteiger partial charge in [0.1, 0.15) is 28.2 Å². The molecule has 0 fully saturated rings. The fourth-order valence-electron chi connectivity index (χ4n) is 4.33. The molecule has 0 saturated carbocycles. The zero-order valence-electron chi connectivity index (χ0n) is 22.6. The first-order valence-electron chi connectivity index (χ1n) is 12.6. The van der Waals surface area contributed by atoms with Gasteiger partial charge in [0.05, 0.1) is 15.5 Å². The Balaban J connectivity index is 1.65. The van der Waals surface area contributed by atoms with Crippen molar-refractivity contribution in [2.45, 2.75) is 15.9 Å². The van der Waals surface area contributed by atoms with Crippen molar-refractivity contribution in [2.24, 2.45) is 5.10 Å². The second-order valence-electron chi connectivity index (χ2n) is 9.42. The van der Waals surface area contributed by atoms with Gasteiger partial charge >= 0.3 is 0 Å². The number of sulfonamides is 1. The maximum atomic E-state index is 13.2. The zero-order valence-corrected chi connectivity index (χ0v) is 25.8. The number of hydrogen-bond acceptors (Lipinski definition) is 10. The number of aliphatic hydroxyl groups excluding tert-OH is 1. The van der Waals surface area contributed by atoms with Gasteiger partial charge in [-0.05, 0) is 66.2 Å². The van der Waals surface area contributed by atoms with Gasteiger partial charge in [0, 0.05) is 10.6 Å². The second-order valence-corrected chi connectivity index (χ2v) is 14.3. The Morgan fingerprint density at radius 3 is 2.02 bits per heavy atom. The van der Waals surface area contributed by atoms with Crippen molar-refractivity contribution in [3.8, 4) is 11.5 Å². The van der Waals surface area contributed by atoms with Crippen LogP contribution in [0.3, 0.4) is 0 Å². The summed E-state index contributed by atoms with van der Waals surface area (Å²) in [4.78, 5) is -2.00. The highest BCUT2D eigenvalue weighted by atomic mass is 35.5. The summed E-state index contributed by atoms with van der Waals surface area (Å²) in [6.07, 6.45) is -1.30. The highest BCUT2D eigenvalue weighted by Crippen LogP contribution is 2.40. The number of hydrogen-bond donors (Lipinski definition) is 5. The molecule has 0 bridgehead atoms. The molecule has 0 saturated heterocycles. The van der Waals surface area contributed by atoms with Crippen molar-refractivity contribution in [3.05, 3.63) is 112 Å². The van der Waals surface area contributed by atoms with Gasteiger partial charge < -0.3 is 9.84 Å². The molecule has 0 aromatic heterocycles. The van der Waals surface area contributed by atoms with Gasteiger partial charge in [0.25, 0.3) is 30.3 Å². The van der Waals surface area contributed by atoms with Crippen LogP contribution in [0.5, 0.6) is 11.5 Å². The maximum Gasteiger partial charge on any atom is 0.296 e. The Labute approximate surface area is 263 Å². The molecular formula is C28H22ClN3O10S3. The van der Waals surface area contributed by atoms with E-state index < -0.39 is 57.6 Å². The minimum Gasteiger partial charge on any atom is -0.455 e. The Morgan fingerprint density at radius 2 is 1.40 bits per heavy atom. The number of ether oxygens (including phenoxy) is 1. The molecule has 0 heterocycles. The zero-order chi connectivity index (χ0) is 32.6. The summed E-state index contributed by atoms with van der Waals surface area (Å²) in [7, 11) is -14.5. The summed E-state index contributed by atoms with van der Waals surface area (Å²) in [5.41, 5.74) is 0.765. The number of aliphatic hydroxyl groups is 1. The number of halogens is 1. The molecule has 1 unspecified atom stereocenters. The van der Waals surface area contributed by atoms with Crippen LogP contribution < -0.4 is 14.9 Å². The van der Waals surface area contributed by atoms with E-state index in [-0.39, 0.29) is 32.5 Å². The van der Waals surface area contributed by atoms with Gasteiger partial charge in [-0.2, -0.15) is 21.9 Å². The highest BCUT2D eigenvalue weighted by Gasteiger charge is 2.36. The highest BCUT2D eigenvalue weighted by molar-refractivity contribution is 7.92. The van der Waals surface area contributed by atoms with Crippen molar-refractivity contribution in [2.75, 3.05) is 10.1 Å². The quantitative estimate of drug-likeness (QED) is 0.117. The number of hydrazone groups is 1. The fraction of sp³-hybridized carbons (Fsp3) is 0.0357. The molecule has 13 nitrogen and oxygen atoms in total. The van der Waals surface area contributed by atoms with Crippen LogP contribution in [-0.2, 0) is 30.3 Å². The summed E-state index contributed by atoms with van der Waals surface area (Å²) in [5, 5.41) is 15.7. The minimum atomic E-state index is -5.14. The van der Waals surface area contributed by atoms with Crippen molar-refractivity contribution in [3.63, 3.8) is 0 Å². The minimum absolute atomic E-state index is 0.110. The first-order chi connectivity index (χ1) is 21.1. The van der Waals surface area contributed by atoms with E-state index in [4.69, 9.17) is 16.3 Å². The van der Waals surface area contributed by atoms with Gasteiger partial charge in [0.2, 0.25) is 0 Å². The number of para-hydroxylation sites is 1. The molecule has 5 rings (SSSR count). The van der Waals surface area contributed by atoms with Crippen LogP contribution in [0.4, 0.5) is 11.4 Å². The number of anilines is 2. The molecule has 0 spiro atoms. The third-order valence-electron chi connectivity index (χ3n) is 6.34. The van der Waals surface area contributed by atoms with Crippen LogP contribution in [0, 0.1) is 0 Å². The lowest BCUT2D eigenvalue weighted by Crippen LogP contribution is -2.27. The van der Waals surface area contributed by atoms with Crippen molar-refractivity contribution >= 4 is 65.0 Å². The van der Waals surface area contributed by atoms with E-state index in [1.807, 2.05) is 0 Å². The van der Waals surface area contributed by atoms with Crippen LogP contribution >= 0.6 is 11.6 Å². The lowest BCUT2D eigenvalue weighted by Gasteiger charge is -2.26. The van der Waals surface area contributed by atoms with Crippen molar-refractivity contribution < 1.29 is 44.2 Å². The predicted molar refractivity (Wildman–Crippen MR) is 167 cm³/mol. The van der Waals surface area contributed by atoms with Gasteiger partial charge in [-0.3, -0.25) is 19.3 Å². The van der Waals surface area contributed by atoms with E-state index in [1.54, 1.807) is 36.4 Å². The molecule has 17 heteroatoms. The predicted octanol–water partition coefficient (Wildman–Crippen LogP) is 4.92. The summed E-state index contributed by atoms with van der Waals surface area (Å²) in [6, 6.07) is 21.5.